The van der Waals surface area contributed by atoms with Gasteiger partial charge in [0, 0.05) is 36.9 Å². The van der Waals surface area contributed by atoms with Crippen LogP contribution < -0.4 is 19.5 Å². The van der Waals surface area contributed by atoms with Gasteiger partial charge < -0.3 is 29.5 Å². The molecule has 4 amide bonds. The molecule has 2 aliphatic heterocycles. The molecule has 2 aromatic rings. The van der Waals surface area contributed by atoms with Gasteiger partial charge in [0.2, 0.25) is 27.7 Å². The number of nitrogens with one attached hydrogen (secondary N) is 2. The van der Waals surface area contributed by atoms with Gasteiger partial charge in [0.25, 0.3) is 11.8 Å². The van der Waals surface area contributed by atoms with Crippen LogP contribution in [0, 0.1) is 11.7 Å². The Morgan fingerprint density at radius 2 is 1.86 bits per heavy atom. The number of halogens is 4. The van der Waals surface area contributed by atoms with Gasteiger partial charge in [-0.15, -0.1) is 0 Å². The molecule has 6 rings (SSSR count). The molecule has 1 aromatic heterocycles. The first-order valence-corrected chi connectivity index (χ1v) is 20.8. The third-order valence-electron chi connectivity index (χ3n) is 12.1. The summed E-state index contributed by atoms with van der Waals surface area (Å²) in [4.78, 5) is 62.0. The van der Waals surface area contributed by atoms with Crippen LogP contribution in [-0.2, 0) is 29.1 Å². The number of aromatic nitrogens is 1. The van der Waals surface area contributed by atoms with E-state index < -0.39 is 111 Å². The molecule has 0 radical (unpaired) electrons. The molecular weight excluding hydrogens is 807 g/mol. The minimum Gasteiger partial charge on any atom is -0.496 e. The summed E-state index contributed by atoms with van der Waals surface area (Å²) in [5.41, 5.74) is -4.37. The van der Waals surface area contributed by atoms with E-state index >= 15 is 13.6 Å². The van der Waals surface area contributed by atoms with Crippen LogP contribution in [0.1, 0.15) is 73.1 Å². The van der Waals surface area contributed by atoms with Gasteiger partial charge in [0.1, 0.15) is 52.3 Å². The lowest BCUT2D eigenvalue weighted by Crippen LogP contribution is -2.68. The SMILES string of the molecule is COc1cc(F)cc2c(O[C@@H]3C[C@H]4C(=O)N[C@]5(C(=O)NS(=O)(=O)C6(CF)CC6)C[C@H]5/C=C\CC[C@@H](C)O[C@@H](C)[C@H](N(C(=O)O)C(C)(C)C(C)(F)F)C(=O)N4C3)nccc12. The average molecular weight is 856 g/mol. The minimum absolute atomic E-state index is 0.00566. The Balaban J connectivity index is 1.43. The molecule has 324 valence electrons. The van der Waals surface area contributed by atoms with E-state index in [0.29, 0.717) is 30.1 Å². The maximum atomic E-state index is 15.3. The van der Waals surface area contributed by atoms with Crippen LogP contribution in [0.25, 0.3) is 10.8 Å². The van der Waals surface area contributed by atoms with Crippen molar-refractivity contribution < 1.29 is 64.5 Å². The number of carbonyl (C=O) groups excluding carboxylic acids is 3. The third-order valence-corrected chi connectivity index (χ3v) is 14.3. The van der Waals surface area contributed by atoms with Crippen LogP contribution in [0.15, 0.2) is 36.5 Å². The summed E-state index contributed by atoms with van der Waals surface area (Å²) < 4.78 is 103. The maximum Gasteiger partial charge on any atom is 0.408 e. The number of pyridine rings is 1. The molecule has 1 saturated heterocycles. The molecule has 20 heteroatoms. The molecule has 3 N–H and O–H groups in total. The minimum atomic E-state index is -4.52. The fraction of sp³-hybridized carbons (Fsp3) is 0.615. The summed E-state index contributed by atoms with van der Waals surface area (Å²) in [6.07, 6.45) is -0.105. The molecule has 0 spiro atoms. The van der Waals surface area contributed by atoms with Crippen molar-refractivity contribution in [1.82, 2.24) is 24.8 Å². The number of hydrogen-bond donors (Lipinski definition) is 3. The van der Waals surface area contributed by atoms with E-state index in [9.17, 15) is 36.7 Å². The number of fused-ring (bicyclic) bond motifs is 3. The van der Waals surface area contributed by atoms with E-state index in [1.807, 2.05) is 4.72 Å². The zero-order chi connectivity index (χ0) is 43.5. The Hall–Kier alpha value is -4.72. The van der Waals surface area contributed by atoms with Crippen LogP contribution in [-0.4, -0.2) is 125 Å². The van der Waals surface area contributed by atoms with Crippen LogP contribution >= 0.6 is 0 Å². The number of allylic oxidation sites excluding steroid dienone is 1. The second-order valence-electron chi connectivity index (χ2n) is 16.5. The summed E-state index contributed by atoms with van der Waals surface area (Å²) in [5, 5.41) is 13.8. The number of rotatable bonds is 10. The first kappa shape index (κ1) is 43.8. The zero-order valence-electron chi connectivity index (χ0n) is 33.5. The highest BCUT2D eigenvalue weighted by molar-refractivity contribution is 7.91. The van der Waals surface area contributed by atoms with Gasteiger partial charge in [-0.25, -0.2) is 35.8 Å². The first-order chi connectivity index (χ1) is 27.5. The molecule has 1 aromatic carbocycles. The Kier molecular flexibility index (Phi) is 11.7. The van der Waals surface area contributed by atoms with Crippen molar-refractivity contribution in [3.63, 3.8) is 0 Å². The summed E-state index contributed by atoms with van der Waals surface area (Å²) in [7, 11) is -3.18. The number of hydrogen-bond acceptors (Lipinski definition) is 10. The van der Waals surface area contributed by atoms with E-state index in [4.69, 9.17) is 14.2 Å². The standard InChI is InChI=1S/C39H49F4N5O10S/c1-21-9-7-8-10-23-18-39(23,34(51)46-59(54,55)38(20-40)12-13-38)45-31(49)28-17-25(58-32-27-15-24(41)16-29(56-6)26(27)11-14-44-32)19-47(28)33(50)30(22(2)57-21)48(35(52)53)36(3,4)37(5,42)43/h8,10-11,14-16,21-23,25,28,30H,7,9,12-13,17-20H2,1-6H3,(H,45,49)(H,46,51)(H,52,53)/b10-8-/t21-,22+,23-,25-,28+,30+,39-/m1/s1. The second-order valence-corrected chi connectivity index (χ2v) is 18.6. The quantitative estimate of drug-likeness (QED) is 0.226. The Morgan fingerprint density at radius 1 is 1.17 bits per heavy atom. The third kappa shape index (κ3) is 8.13. The highest BCUT2D eigenvalue weighted by Crippen LogP contribution is 2.48. The maximum absolute atomic E-state index is 15.3. The van der Waals surface area contributed by atoms with Crippen LogP contribution in [0.4, 0.5) is 22.4 Å². The second kappa shape index (κ2) is 15.7. The van der Waals surface area contributed by atoms with Gasteiger partial charge in [0.15, 0.2) is 0 Å². The topological polar surface area (TPSA) is 194 Å². The first-order valence-electron chi connectivity index (χ1n) is 19.3. The van der Waals surface area contributed by atoms with Gasteiger partial charge in [-0.1, -0.05) is 12.2 Å². The van der Waals surface area contributed by atoms with Crippen molar-refractivity contribution in [3.8, 4) is 11.6 Å². The summed E-state index contributed by atoms with van der Waals surface area (Å²) >= 11 is 0. The number of ether oxygens (including phenoxy) is 3. The molecule has 2 saturated carbocycles. The highest BCUT2D eigenvalue weighted by Gasteiger charge is 2.64. The number of sulfonamides is 1. The van der Waals surface area contributed by atoms with Gasteiger partial charge in [-0.05, 0) is 71.9 Å². The van der Waals surface area contributed by atoms with Gasteiger partial charge in [-0.2, -0.15) is 0 Å². The number of methoxy groups -OCH3 is 1. The van der Waals surface area contributed by atoms with Crippen molar-refractivity contribution >= 4 is 44.6 Å². The molecule has 7 atom stereocenters. The molecule has 0 unspecified atom stereocenters. The number of nitrogens with zero attached hydrogens (tertiary/aromatic N) is 3. The molecular formula is C39H49F4N5O10S. The number of amides is 4. The smallest absolute Gasteiger partial charge is 0.408 e. The van der Waals surface area contributed by atoms with Gasteiger partial charge in [0.05, 0.1) is 31.2 Å². The molecule has 4 aliphatic rings. The predicted molar refractivity (Wildman–Crippen MR) is 204 cm³/mol. The average Bonchev–Trinajstić information content (AvgIpc) is 4.05. The largest absolute Gasteiger partial charge is 0.496 e. The Morgan fingerprint density at radius 3 is 2.47 bits per heavy atom. The molecule has 0 bridgehead atoms. The summed E-state index contributed by atoms with van der Waals surface area (Å²) in [6, 6.07) is 0.316. The van der Waals surface area contributed by atoms with Crippen molar-refractivity contribution in [2.45, 2.75) is 125 Å². The number of benzene rings is 1. The van der Waals surface area contributed by atoms with Crippen molar-refractivity contribution in [2.75, 3.05) is 20.3 Å². The fourth-order valence-corrected chi connectivity index (χ4v) is 9.34. The van der Waals surface area contributed by atoms with Gasteiger partial charge >= 0.3 is 6.09 Å². The molecule has 3 fully saturated rings. The molecule has 15 nitrogen and oxygen atoms in total. The Labute approximate surface area is 338 Å². The monoisotopic (exact) mass is 855 g/mol. The molecule has 2 aliphatic carbocycles. The van der Waals surface area contributed by atoms with Crippen molar-refractivity contribution in [2.24, 2.45) is 5.92 Å². The van der Waals surface area contributed by atoms with Crippen LogP contribution in [0.3, 0.4) is 0 Å². The number of alkyl halides is 3. The van der Waals surface area contributed by atoms with E-state index in [-0.39, 0.29) is 42.7 Å². The number of carbonyl (C=O) groups is 4. The number of carboxylic acid groups (broad SMARTS) is 1. The van der Waals surface area contributed by atoms with Crippen molar-refractivity contribution in [3.05, 3.63) is 42.4 Å². The van der Waals surface area contributed by atoms with Crippen LogP contribution in [0.2, 0.25) is 0 Å². The lowest BCUT2D eigenvalue weighted by atomic mass is 9.91. The van der Waals surface area contributed by atoms with Gasteiger partial charge in [-0.3, -0.25) is 24.0 Å². The van der Waals surface area contributed by atoms with Crippen LogP contribution in [0.5, 0.6) is 11.6 Å². The summed E-state index contributed by atoms with van der Waals surface area (Å²) in [5.74, 6) is -8.26. The summed E-state index contributed by atoms with van der Waals surface area (Å²) in [6.45, 7) is 3.78. The fourth-order valence-electron chi connectivity index (χ4n) is 7.92. The lowest BCUT2D eigenvalue weighted by molar-refractivity contribution is -0.164. The van der Waals surface area contributed by atoms with E-state index in [1.54, 1.807) is 25.1 Å². The van der Waals surface area contributed by atoms with E-state index in [0.717, 1.165) is 30.9 Å². The van der Waals surface area contributed by atoms with E-state index in [2.05, 4.69) is 10.3 Å². The lowest BCUT2D eigenvalue weighted by Gasteiger charge is -2.47. The molecule has 3 heterocycles. The van der Waals surface area contributed by atoms with Crippen molar-refractivity contribution in [1.29, 1.82) is 0 Å². The predicted octanol–water partition coefficient (Wildman–Crippen LogP) is 4.48. The Bertz CT molecular complexity index is 2150. The highest BCUT2D eigenvalue weighted by atomic mass is 32.2. The zero-order valence-corrected chi connectivity index (χ0v) is 34.3. The normalized spacial score (nSPS) is 29.2. The van der Waals surface area contributed by atoms with E-state index in [1.165, 1.54) is 20.2 Å². The molecule has 59 heavy (non-hydrogen) atoms.